The van der Waals surface area contributed by atoms with Crippen LogP contribution in [-0.4, -0.2) is 57.8 Å². The summed E-state index contributed by atoms with van der Waals surface area (Å²) < 4.78 is 11.6. The van der Waals surface area contributed by atoms with Crippen LogP contribution in [0, 0.1) is 0 Å². The summed E-state index contributed by atoms with van der Waals surface area (Å²) in [4.78, 5) is 32.6. The van der Waals surface area contributed by atoms with E-state index in [-0.39, 0.29) is 37.5 Å². The van der Waals surface area contributed by atoms with Crippen molar-refractivity contribution in [3.05, 3.63) is 23.8 Å². The first-order valence-corrected chi connectivity index (χ1v) is 10.1. The molecule has 4 rings (SSSR count). The van der Waals surface area contributed by atoms with Crippen molar-refractivity contribution in [3.63, 3.8) is 0 Å². The molecule has 158 valence electrons. The van der Waals surface area contributed by atoms with E-state index in [2.05, 4.69) is 9.88 Å². The number of benzene rings is 1. The zero-order valence-corrected chi connectivity index (χ0v) is 18.1. The average Bonchev–Trinajstić information content (AvgIpc) is 3.27. The number of hydrogen-bond acceptors (Lipinski definition) is 6. The molecule has 1 aromatic carbocycles. The molecule has 2 heterocycles. The van der Waals surface area contributed by atoms with E-state index < -0.39 is 11.6 Å². The van der Waals surface area contributed by atoms with E-state index in [4.69, 9.17) is 9.15 Å². The summed E-state index contributed by atoms with van der Waals surface area (Å²) in [5.41, 5.74) is 0.148. The van der Waals surface area contributed by atoms with Crippen LogP contribution >= 0.6 is 0 Å². The fourth-order valence-electron chi connectivity index (χ4n) is 4.44. The third kappa shape index (κ3) is 4.16. The third-order valence-electron chi connectivity index (χ3n) is 5.71. The van der Waals surface area contributed by atoms with Gasteiger partial charge in [0.05, 0.1) is 11.1 Å². The summed E-state index contributed by atoms with van der Waals surface area (Å²) in [6.45, 7) is 7.21. The van der Waals surface area contributed by atoms with Crippen molar-refractivity contribution in [2.45, 2.75) is 57.6 Å². The first-order chi connectivity index (χ1) is 13.7. The molecule has 0 unspecified atom stereocenters. The Balaban J connectivity index is 0.00000171. The van der Waals surface area contributed by atoms with Gasteiger partial charge in [0, 0.05) is 19.6 Å². The Kier molecular flexibility index (Phi) is 6.12. The van der Waals surface area contributed by atoms with E-state index in [0.717, 1.165) is 25.7 Å². The van der Waals surface area contributed by atoms with Gasteiger partial charge in [0.1, 0.15) is 11.1 Å². The number of anilines is 1. The topological polar surface area (TPSA) is 96.1 Å². The number of carboxylic acids is 1. The van der Waals surface area contributed by atoms with Crippen molar-refractivity contribution in [2.75, 3.05) is 24.5 Å². The minimum atomic E-state index is -1.03. The largest absolute Gasteiger partial charge is 1.00 e. The summed E-state index contributed by atoms with van der Waals surface area (Å²) in [6.07, 6.45) is 3.70. The van der Waals surface area contributed by atoms with Crippen LogP contribution in [-0.2, 0) is 4.74 Å². The van der Waals surface area contributed by atoms with Gasteiger partial charge < -0.3 is 25.5 Å². The number of para-hydroxylation sites is 1. The molecular formula is C21H28LiN3O5. The van der Waals surface area contributed by atoms with Gasteiger partial charge in [-0.15, -0.1) is 0 Å². The number of fused-ring (bicyclic) bond motifs is 1. The summed E-state index contributed by atoms with van der Waals surface area (Å²) in [5, 5.41) is 9.44. The van der Waals surface area contributed by atoms with Crippen LogP contribution in [0.4, 0.5) is 10.8 Å². The number of piperazine rings is 1. The first-order valence-electron chi connectivity index (χ1n) is 10.1. The smallest absolute Gasteiger partial charge is 1.00 e. The summed E-state index contributed by atoms with van der Waals surface area (Å²) in [6, 6.07) is 5.35. The van der Waals surface area contributed by atoms with Gasteiger partial charge in [-0.1, -0.05) is 18.9 Å². The molecule has 1 spiro atoms. The Morgan fingerprint density at radius 3 is 2.57 bits per heavy atom. The molecule has 2 fully saturated rings. The van der Waals surface area contributed by atoms with Crippen molar-refractivity contribution in [1.29, 1.82) is 0 Å². The second-order valence-corrected chi connectivity index (χ2v) is 8.94. The number of aromatic carboxylic acids is 1. The Hall–Kier alpha value is -2.17. The van der Waals surface area contributed by atoms with E-state index in [1.165, 1.54) is 6.07 Å². The normalized spacial score (nSPS) is 18.5. The van der Waals surface area contributed by atoms with Crippen molar-refractivity contribution < 1.29 is 44.1 Å². The molecular weight excluding hydrogens is 381 g/mol. The number of rotatable bonds is 2. The summed E-state index contributed by atoms with van der Waals surface area (Å²) in [7, 11) is 0. The van der Waals surface area contributed by atoms with E-state index >= 15 is 0 Å². The fraction of sp³-hybridized carbons (Fsp3) is 0.571. The molecule has 0 radical (unpaired) electrons. The number of amides is 1. The zero-order chi connectivity index (χ0) is 20.8. The van der Waals surface area contributed by atoms with Crippen LogP contribution in [0.3, 0.4) is 0 Å². The molecule has 2 aromatic rings. The maximum Gasteiger partial charge on any atom is 1.00 e. The van der Waals surface area contributed by atoms with E-state index in [1.54, 1.807) is 17.0 Å². The van der Waals surface area contributed by atoms with E-state index in [9.17, 15) is 14.7 Å². The summed E-state index contributed by atoms with van der Waals surface area (Å²) >= 11 is 0. The van der Waals surface area contributed by atoms with Gasteiger partial charge in [-0.2, -0.15) is 4.98 Å². The minimum Gasteiger partial charge on any atom is -1.00 e. The molecule has 1 aromatic heterocycles. The minimum absolute atomic E-state index is 0. The van der Waals surface area contributed by atoms with Crippen molar-refractivity contribution in [2.24, 2.45) is 0 Å². The Bertz CT molecular complexity index is 952. The van der Waals surface area contributed by atoms with Crippen LogP contribution in [0.15, 0.2) is 22.6 Å². The Morgan fingerprint density at radius 1 is 1.23 bits per heavy atom. The number of carbonyl (C=O) groups excluding carboxylic acids is 1. The quantitative estimate of drug-likeness (QED) is 0.740. The van der Waals surface area contributed by atoms with Gasteiger partial charge >= 0.3 is 30.9 Å². The number of ether oxygens (including phenoxy) is 1. The predicted octanol–water partition coefficient (Wildman–Crippen LogP) is 1.01. The van der Waals surface area contributed by atoms with Gasteiger partial charge in [0.15, 0.2) is 5.58 Å². The fourth-order valence-corrected chi connectivity index (χ4v) is 4.44. The second-order valence-electron chi connectivity index (χ2n) is 8.94. The molecule has 1 saturated heterocycles. The second kappa shape index (κ2) is 8.16. The van der Waals surface area contributed by atoms with Crippen molar-refractivity contribution >= 4 is 29.2 Å². The Labute approximate surface area is 189 Å². The molecule has 1 saturated carbocycles. The molecule has 30 heavy (non-hydrogen) atoms. The van der Waals surface area contributed by atoms with Crippen molar-refractivity contribution in [1.82, 2.24) is 9.88 Å². The number of nitrogens with zero attached hydrogens (tertiary/aromatic N) is 3. The Morgan fingerprint density at radius 2 is 1.93 bits per heavy atom. The number of aromatic nitrogens is 1. The zero-order valence-electron chi connectivity index (χ0n) is 19.1. The molecule has 0 bridgehead atoms. The van der Waals surface area contributed by atoms with Crippen LogP contribution in [0.2, 0.25) is 0 Å². The van der Waals surface area contributed by atoms with Crippen LogP contribution in [0.25, 0.3) is 11.1 Å². The third-order valence-corrected chi connectivity index (χ3v) is 5.71. The maximum absolute atomic E-state index is 12.6. The van der Waals surface area contributed by atoms with Gasteiger partial charge in [-0.25, -0.2) is 9.59 Å². The predicted molar refractivity (Wildman–Crippen MR) is 108 cm³/mol. The average molecular weight is 409 g/mol. The molecule has 2 aliphatic rings. The van der Waals surface area contributed by atoms with Gasteiger partial charge in [0.25, 0.3) is 6.01 Å². The standard InChI is InChI=1S/C21H27N3O5.Li.H/c1-20(2,3)29-19(27)23-11-12-24(21(13-23)9-4-5-10-21)18-22-16-14(17(25)26)7-6-8-15(16)28-18;;/h6-8H,4-5,9-13H2,1-3H3,(H,25,26);;/q;+1;-1. The van der Waals surface area contributed by atoms with Crippen LogP contribution in [0.5, 0.6) is 0 Å². The van der Waals surface area contributed by atoms with E-state index in [0.29, 0.717) is 36.7 Å². The maximum atomic E-state index is 12.6. The van der Waals surface area contributed by atoms with Gasteiger partial charge in [0.2, 0.25) is 0 Å². The first kappa shape index (κ1) is 22.5. The molecule has 0 atom stereocenters. The number of carbonyl (C=O) groups is 2. The molecule has 9 heteroatoms. The van der Waals surface area contributed by atoms with Crippen LogP contribution < -0.4 is 23.8 Å². The molecule has 8 nitrogen and oxygen atoms in total. The molecule has 1 aliphatic heterocycles. The monoisotopic (exact) mass is 409 g/mol. The van der Waals surface area contributed by atoms with Gasteiger partial charge in [-0.3, -0.25) is 0 Å². The summed E-state index contributed by atoms with van der Waals surface area (Å²) in [5.74, 6) is -1.03. The van der Waals surface area contributed by atoms with Crippen LogP contribution in [0.1, 0.15) is 58.2 Å². The molecule has 1 aliphatic carbocycles. The molecule has 1 amide bonds. The molecule has 1 N–H and O–H groups in total. The number of carboxylic acid groups (broad SMARTS) is 1. The SMILES string of the molecule is CC(C)(C)OC(=O)N1CCN(c2nc3c(C(=O)O)cccc3o2)C2(CCCC2)C1.[H-].[Li+]. The van der Waals surface area contributed by atoms with E-state index in [1.807, 2.05) is 20.8 Å². The van der Waals surface area contributed by atoms with Gasteiger partial charge in [-0.05, 0) is 45.7 Å². The number of oxazole rings is 1. The van der Waals surface area contributed by atoms with Crippen molar-refractivity contribution in [3.8, 4) is 0 Å². The number of hydrogen-bond donors (Lipinski definition) is 1.